The first-order valence-electron chi connectivity index (χ1n) is 7.51. The molecule has 0 bridgehead atoms. The third-order valence-electron chi connectivity index (χ3n) is 3.69. The Kier molecular flexibility index (Phi) is 5.21. The summed E-state index contributed by atoms with van der Waals surface area (Å²) < 4.78 is 6.74. The van der Waals surface area contributed by atoms with Gasteiger partial charge in [0.15, 0.2) is 0 Å². The number of carbonyl (C=O) groups excluding carboxylic acids is 1. The van der Waals surface area contributed by atoms with E-state index in [1.54, 1.807) is 13.3 Å². The molecule has 1 aromatic carbocycles. The smallest absolute Gasteiger partial charge is 0.251 e. The molecule has 0 unspecified atom stereocenters. The highest BCUT2D eigenvalue weighted by Gasteiger charge is 2.14. The van der Waals surface area contributed by atoms with Gasteiger partial charge in [0, 0.05) is 17.8 Å². The van der Waals surface area contributed by atoms with Gasteiger partial charge in [-0.25, -0.2) is 0 Å². The quantitative estimate of drug-likeness (QED) is 0.921. The number of hydrogen-bond donors (Lipinski definition) is 1. The number of hydrogen-bond acceptors (Lipinski definition) is 3. The molecule has 122 valence electrons. The highest BCUT2D eigenvalue weighted by molar-refractivity contribution is 5.76. The molecule has 1 atom stereocenters. The van der Waals surface area contributed by atoms with Crippen molar-refractivity contribution in [1.29, 1.82) is 0 Å². The van der Waals surface area contributed by atoms with Gasteiger partial charge in [0.25, 0.3) is 5.56 Å². The molecule has 1 N–H and O–H groups in total. The highest BCUT2D eigenvalue weighted by atomic mass is 16.5. The monoisotopic (exact) mass is 314 g/mol. The second-order valence-corrected chi connectivity index (χ2v) is 5.70. The van der Waals surface area contributed by atoms with Gasteiger partial charge in [-0.3, -0.25) is 9.59 Å². The number of ether oxygens (including phenoxy) is 1. The van der Waals surface area contributed by atoms with Crippen LogP contribution in [-0.2, 0) is 11.3 Å². The summed E-state index contributed by atoms with van der Waals surface area (Å²) in [6, 6.07) is 8.95. The van der Waals surface area contributed by atoms with Crippen LogP contribution >= 0.6 is 0 Å². The molecule has 0 aliphatic rings. The van der Waals surface area contributed by atoms with E-state index in [1.165, 1.54) is 10.6 Å². The number of pyridine rings is 1. The number of carbonyl (C=O) groups is 1. The van der Waals surface area contributed by atoms with Gasteiger partial charge in [-0.2, -0.15) is 0 Å². The molecular formula is C18H22N2O3. The van der Waals surface area contributed by atoms with Gasteiger partial charge in [-0.1, -0.05) is 17.7 Å². The third kappa shape index (κ3) is 4.22. The van der Waals surface area contributed by atoms with Gasteiger partial charge in [-0.05, 0) is 38.5 Å². The summed E-state index contributed by atoms with van der Waals surface area (Å²) >= 11 is 0. The number of nitrogens with zero attached hydrogens (tertiary/aromatic N) is 1. The van der Waals surface area contributed by atoms with E-state index in [0.717, 1.165) is 22.4 Å². The molecule has 5 nitrogen and oxygen atoms in total. The van der Waals surface area contributed by atoms with Crippen molar-refractivity contribution in [2.45, 2.75) is 33.4 Å². The zero-order valence-corrected chi connectivity index (χ0v) is 13.9. The number of nitrogens with one attached hydrogen (secondary N) is 1. The average Bonchev–Trinajstić information content (AvgIpc) is 2.50. The van der Waals surface area contributed by atoms with Crippen molar-refractivity contribution in [3.63, 3.8) is 0 Å². The highest BCUT2D eigenvalue weighted by Crippen LogP contribution is 2.25. The standard InChI is InChI=1S/C18H22N2O3/c1-12-5-6-16(23-4)15(9-12)14(3)19-17(21)11-20-8-7-13(2)10-18(20)22/h5-10,14H,11H2,1-4H3,(H,19,21)/t14-/m1/s1. The van der Waals surface area contributed by atoms with E-state index in [2.05, 4.69) is 5.32 Å². The summed E-state index contributed by atoms with van der Waals surface area (Å²) in [5, 5.41) is 2.91. The van der Waals surface area contributed by atoms with Gasteiger partial charge in [0.05, 0.1) is 13.2 Å². The molecular weight excluding hydrogens is 292 g/mol. The van der Waals surface area contributed by atoms with Crippen LogP contribution in [-0.4, -0.2) is 17.6 Å². The lowest BCUT2D eigenvalue weighted by Gasteiger charge is -2.18. The number of benzene rings is 1. The Balaban J connectivity index is 2.11. The number of amides is 1. The number of rotatable bonds is 5. The van der Waals surface area contributed by atoms with Gasteiger partial charge in [-0.15, -0.1) is 0 Å². The lowest BCUT2D eigenvalue weighted by atomic mass is 10.0. The molecule has 1 aromatic heterocycles. The van der Waals surface area contributed by atoms with Crippen molar-refractivity contribution >= 4 is 5.91 Å². The number of methoxy groups -OCH3 is 1. The first-order valence-corrected chi connectivity index (χ1v) is 7.51. The fourth-order valence-electron chi connectivity index (χ4n) is 2.45. The Morgan fingerprint density at radius 3 is 2.57 bits per heavy atom. The average molecular weight is 314 g/mol. The molecule has 0 fully saturated rings. The predicted molar refractivity (Wildman–Crippen MR) is 89.7 cm³/mol. The minimum absolute atomic E-state index is 0.00240. The minimum atomic E-state index is -0.216. The fraction of sp³-hybridized carbons (Fsp3) is 0.333. The van der Waals surface area contributed by atoms with Crippen molar-refractivity contribution < 1.29 is 9.53 Å². The second-order valence-electron chi connectivity index (χ2n) is 5.70. The SMILES string of the molecule is COc1ccc(C)cc1[C@@H](C)NC(=O)Cn1ccc(C)cc1=O. The first-order chi connectivity index (χ1) is 10.9. The first kappa shape index (κ1) is 16.8. The van der Waals surface area contributed by atoms with Crippen molar-refractivity contribution in [3.05, 3.63) is 63.6 Å². The van der Waals surface area contributed by atoms with Crippen LogP contribution < -0.4 is 15.6 Å². The normalized spacial score (nSPS) is 11.8. The summed E-state index contributed by atoms with van der Waals surface area (Å²) in [4.78, 5) is 24.0. The summed E-state index contributed by atoms with van der Waals surface area (Å²) in [5.41, 5.74) is 2.71. The van der Waals surface area contributed by atoms with Crippen molar-refractivity contribution in [1.82, 2.24) is 9.88 Å². The zero-order valence-electron chi connectivity index (χ0n) is 13.9. The Morgan fingerprint density at radius 1 is 1.22 bits per heavy atom. The van der Waals surface area contributed by atoms with Crippen LogP contribution in [0, 0.1) is 13.8 Å². The molecule has 1 amide bonds. The molecule has 0 saturated heterocycles. The lowest BCUT2D eigenvalue weighted by Crippen LogP contribution is -2.33. The van der Waals surface area contributed by atoms with Gasteiger partial charge >= 0.3 is 0 Å². The Hall–Kier alpha value is -2.56. The van der Waals surface area contributed by atoms with E-state index in [4.69, 9.17) is 4.74 Å². The van der Waals surface area contributed by atoms with E-state index in [9.17, 15) is 9.59 Å². The summed E-state index contributed by atoms with van der Waals surface area (Å²) in [6.07, 6.45) is 1.63. The Labute approximate surface area is 135 Å². The van der Waals surface area contributed by atoms with Gasteiger partial charge in [0.1, 0.15) is 12.3 Å². The van der Waals surface area contributed by atoms with E-state index >= 15 is 0 Å². The van der Waals surface area contributed by atoms with Crippen LogP contribution in [0.1, 0.15) is 29.7 Å². The maximum Gasteiger partial charge on any atom is 0.251 e. The zero-order chi connectivity index (χ0) is 17.0. The third-order valence-corrected chi connectivity index (χ3v) is 3.69. The van der Waals surface area contributed by atoms with Crippen LogP contribution in [0.15, 0.2) is 41.3 Å². The Bertz CT molecular complexity index is 765. The number of aryl methyl sites for hydroxylation is 2. The predicted octanol–water partition coefficient (Wildman–Crippen LogP) is 2.35. The van der Waals surface area contributed by atoms with E-state index in [-0.39, 0.29) is 24.1 Å². The Morgan fingerprint density at radius 2 is 1.91 bits per heavy atom. The summed E-state index contributed by atoms with van der Waals surface area (Å²) in [7, 11) is 1.61. The molecule has 0 aliphatic heterocycles. The summed E-state index contributed by atoms with van der Waals surface area (Å²) in [6.45, 7) is 5.73. The minimum Gasteiger partial charge on any atom is -0.496 e. The van der Waals surface area contributed by atoms with Crippen LogP contribution in [0.25, 0.3) is 0 Å². The maximum absolute atomic E-state index is 12.2. The number of aromatic nitrogens is 1. The second kappa shape index (κ2) is 7.13. The lowest BCUT2D eigenvalue weighted by molar-refractivity contribution is -0.122. The van der Waals surface area contributed by atoms with E-state index < -0.39 is 0 Å². The fourth-order valence-corrected chi connectivity index (χ4v) is 2.45. The van der Waals surface area contributed by atoms with Crippen molar-refractivity contribution in [3.8, 4) is 5.75 Å². The maximum atomic E-state index is 12.2. The van der Waals surface area contributed by atoms with Crippen LogP contribution in [0.3, 0.4) is 0 Å². The molecule has 5 heteroatoms. The van der Waals surface area contributed by atoms with Crippen LogP contribution in [0.4, 0.5) is 0 Å². The molecule has 2 rings (SSSR count). The molecule has 0 saturated carbocycles. The molecule has 1 heterocycles. The summed E-state index contributed by atoms with van der Waals surface area (Å²) in [5.74, 6) is 0.517. The van der Waals surface area contributed by atoms with Crippen LogP contribution in [0.2, 0.25) is 0 Å². The van der Waals surface area contributed by atoms with Crippen molar-refractivity contribution in [2.75, 3.05) is 7.11 Å². The van der Waals surface area contributed by atoms with E-state index in [0.29, 0.717) is 0 Å². The van der Waals surface area contributed by atoms with Crippen molar-refractivity contribution in [2.24, 2.45) is 0 Å². The molecule has 0 radical (unpaired) electrons. The van der Waals surface area contributed by atoms with Gasteiger partial charge in [0.2, 0.25) is 5.91 Å². The van der Waals surface area contributed by atoms with Gasteiger partial charge < -0.3 is 14.6 Å². The topological polar surface area (TPSA) is 60.3 Å². The van der Waals surface area contributed by atoms with E-state index in [1.807, 2.05) is 45.0 Å². The molecule has 0 spiro atoms. The molecule has 0 aliphatic carbocycles. The molecule has 2 aromatic rings. The van der Waals surface area contributed by atoms with Crippen LogP contribution in [0.5, 0.6) is 5.75 Å². The largest absolute Gasteiger partial charge is 0.496 e. The molecule has 23 heavy (non-hydrogen) atoms.